The Labute approximate surface area is 113 Å². The topological polar surface area (TPSA) is 108 Å². The molecule has 3 amide bonds. The van der Waals surface area contributed by atoms with Gasteiger partial charge in [-0.15, -0.1) is 0 Å². The van der Waals surface area contributed by atoms with E-state index in [1.165, 1.54) is 0 Å². The number of carbonyl (C=O) groups excluding carboxylic acids is 2. The molecule has 0 aliphatic heterocycles. The minimum atomic E-state index is -0.994. The zero-order valence-electron chi connectivity index (χ0n) is 12.0. The van der Waals surface area contributed by atoms with Gasteiger partial charge in [-0.1, -0.05) is 0 Å². The molecule has 110 valence electrons. The molecule has 0 aliphatic carbocycles. The summed E-state index contributed by atoms with van der Waals surface area (Å²) in [6.45, 7) is 8.65. The molecule has 4 N–H and O–H groups in total. The number of hydrogen-bond acceptors (Lipinski definition) is 3. The van der Waals surface area contributed by atoms with Crippen molar-refractivity contribution in [3.63, 3.8) is 0 Å². The molecule has 0 bridgehead atoms. The SMILES string of the molecule is CC(CC(=O)O)NC(=O)NC(C)C(=O)NC(C)(C)C. The molecule has 0 aromatic carbocycles. The smallest absolute Gasteiger partial charge is 0.315 e. The summed E-state index contributed by atoms with van der Waals surface area (Å²) in [6.07, 6.45) is -0.171. The standard InChI is InChI=1S/C12H23N3O4/c1-7(6-9(16)17)13-11(19)14-8(2)10(18)15-12(3,4)5/h7-8H,6H2,1-5H3,(H,15,18)(H,16,17)(H2,13,14,19). The Balaban J connectivity index is 4.18. The number of urea groups is 1. The lowest BCUT2D eigenvalue weighted by Crippen LogP contribution is -2.53. The summed E-state index contributed by atoms with van der Waals surface area (Å²) in [4.78, 5) is 33.7. The Morgan fingerprint density at radius 3 is 2.05 bits per heavy atom. The van der Waals surface area contributed by atoms with Gasteiger partial charge in [0.1, 0.15) is 6.04 Å². The molecular weight excluding hydrogens is 250 g/mol. The second-order valence-electron chi connectivity index (χ2n) is 5.58. The van der Waals surface area contributed by atoms with Gasteiger partial charge < -0.3 is 21.1 Å². The molecule has 2 atom stereocenters. The number of carboxylic acids is 1. The predicted molar refractivity (Wildman–Crippen MR) is 70.7 cm³/mol. The minimum Gasteiger partial charge on any atom is -0.481 e. The summed E-state index contributed by atoms with van der Waals surface area (Å²) in [5.41, 5.74) is -0.375. The third-order valence-electron chi connectivity index (χ3n) is 2.10. The number of amides is 3. The second-order valence-corrected chi connectivity index (χ2v) is 5.58. The molecule has 0 rings (SSSR count). The summed E-state index contributed by atoms with van der Waals surface area (Å²) in [5.74, 6) is -1.29. The summed E-state index contributed by atoms with van der Waals surface area (Å²) in [7, 11) is 0. The van der Waals surface area contributed by atoms with Gasteiger partial charge in [-0.3, -0.25) is 9.59 Å². The van der Waals surface area contributed by atoms with Crippen molar-refractivity contribution in [2.24, 2.45) is 0 Å². The molecule has 0 aromatic heterocycles. The predicted octanol–water partition coefficient (Wildman–Crippen LogP) is 0.452. The molecule has 0 fully saturated rings. The van der Waals surface area contributed by atoms with Crippen molar-refractivity contribution in [1.82, 2.24) is 16.0 Å². The Morgan fingerprint density at radius 1 is 1.11 bits per heavy atom. The quantitative estimate of drug-likeness (QED) is 0.583. The molecule has 0 aliphatic rings. The van der Waals surface area contributed by atoms with Gasteiger partial charge >= 0.3 is 12.0 Å². The van der Waals surface area contributed by atoms with E-state index in [2.05, 4.69) is 16.0 Å². The maximum atomic E-state index is 11.7. The summed E-state index contributed by atoms with van der Waals surface area (Å²) in [5, 5.41) is 16.2. The number of carboxylic acid groups (broad SMARTS) is 1. The van der Waals surface area contributed by atoms with Crippen LogP contribution in [0.1, 0.15) is 41.0 Å². The molecule has 7 nitrogen and oxygen atoms in total. The fourth-order valence-corrected chi connectivity index (χ4v) is 1.32. The molecule has 0 heterocycles. The Morgan fingerprint density at radius 2 is 1.63 bits per heavy atom. The first-order chi connectivity index (χ1) is 8.51. The highest BCUT2D eigenvalue weighted by Crippen LogP contribution is 1.99. The van der Waals surface area contributed by atoms with Gasteiger partial charge in [-0.25, -0.2) is 4.79 Å². The van der Waals surface area contributed by atoms with E-state index >= 15 is 0 Å². The van der Waals surface area contributed by atoms with Crippen LogP contribution in [-0.4, -0.2) is 40.6 Å². The van der Waals surface area contributed by atoms with Crippen molar-refractivity contribution in [1.29, 1.82) is 0 Å². The Hall–Kier alpha value is -1.79. The second kappa shape index (κ2) is 6.96. The van der Waals surface area contributed by atoms with Gasteiger partial charge in [0.15, 0.2) is 0 Å². The van der Waals surface area contributed by atoms with Crippen molar-refractivity contribution in [2.75, 3.05) is 0 Å². The fraction of sp³-hybridized carbons (Fsp3) is 0.750. The van der Waals surface area contributed by atoms with Crippen LogP contribution in [0.5, 0.6) is 0 Å². The normalized spacial score (nSPS) is 14.2. The first-order valence-electron chi connectivity index (χ1n) is 6.12. The lowest BCUT2D eigenvalue weighted by molar-refractivity contribution is -0.137. The van der Waals surface area contributed by atoms with Crippen molar-refractivity contribution in [3.05, 3.63) is 0 Å². The number of rotatable bonds is 5. The molecule has 0 spiro atoms. The average Bonchev–Trinajstić information content (AvgIpc) is 2.12. The highest BCUT2D eigenvalue weighted by atomic mass is 16.4. The monoisotopic (exact) mass is 273 g/mol. The Bertz CT molecular complexity index is 349. The van der Waals surface area contributed by atoms with Crippen molar-refractivity contribution < 1.29 is 19.5 Å². The fourth-order valence-electron chi connectivity index (χ4n) is 1.32. The zero-order valence-corrected chi connectivity index (χ0v) is 12.0. The minimum absolute atomic E-state index is 0.171. The highest BCUT2D eigenvalue weighted by molar-refractivity contribution is 5.87. The average molecular weight is 273 g/mol. The molecular formula is C12H23N3O4. The van der Waals surface area contributed by atoms with Crippen LogP contribution < -0.4 is 16.0 Å². The van der Waals surface area contributed by atoms with E-state index in [0.717, 1.165) is 0 Å². The molecule has 0 aromatic rings. The Kier molecular flexibility index (Phi) is 6.31. The van der Waals surface area contributed by atoms with E-state index in [1.54, 1.807) is 13.8 Å². The molecule has 2 unspecified atom stereocenters. The van der Waals surface area contributed by atoms with Crippen LogP contribution >= 0.6 is 0 Å². The van der Waals surface area contributed by atoms with Gasteiger partial charge in [-0.2, -0.15) is 0 Å². The maximum absolute atomic E-state index is 11.7. The van der Waals surface area contributed by atoms with Crippen LogP contribution in [0, 0.1) is 0 Å². The summed E-state index contributed by atoms with van der Waals surface area (Å²) < 4.78 is 0. The van der Waals surface area contributed by atoms with E-state index in [1.807, 2.05) is 20.8 Å². The summed E-state index contributed by atoms with van der Waals surface area (Å²) >= 11 is 0. The van der Waals surface area contributed by atoms with E-state index in [0.29, 0.717) is 0 Å². The van der Waals surface area contributed by atoms with Gasteiger partial charge in [0.05, 0.1) is 6.42 Å². The number of carbonyl (C=O) groups is 3. The first kappa shape index (κ1) is 17.2. The zero-order chi connectivity index (χ0) is 15.2. The molecule has 19 heavy (non-hydrogen) atoms. The summed E-state index contributed by atoms with van der Waals surface area (Å²) in [6, 6.07) is -1.77. The van der Waals surface area contributed by atoms with Crippen LogP contribution in [0.4, 0.5) is 4.79 Å². The third kappa shape index (κ3) is 8.87. The van der Waals surface area contributed by atoms with Gasteiger partial charge in [0, 0.05) is 11.6 Å². The van der Waals surface area contributed by atoms with Crippen molar-refractivity contribution >= 4 is 17.9 Å². The molecule has 0 saturated carbocycles. The lowest BCUT2D eigenvalue weighted by atomic mass is 10.1. The largest absolute Gasteiger partial charge is 0.481 e. The van der Waals surface area contributed by atoms with Crippen LogP contribution in [0.15, 0.2) is 0 Å². The molecule has 0 saturated heterocycles. The third-order valence-corrected chi connectivity index (χ3v) is 2.10. The highest BCUT2D eigenvalue weighted by Gasteiger charge is 2.21. The maximum Gasteiger partial charge on any atom is 0.315 e. The van der Waals surface area contributed by atoms with E-state index in [-0.39, 0.29) is 17.9 Å². The van der Waals surface area contributed by atoms with E-state index < -0.39 is 24.1 Å². The van der Waals surface area contributed by atoms with Gasteiger partial charge in [0.2, 0.25) is 5.91 Å². The number of aliphatic carboxylic acids is 1. The van der Waals surface area contributed by atoms with Crippen molar-refractivity contribution in [2.45, 2.75) is 58.7 Å². The van der Waals surface area contributed by atoms with E-state index in [4.69, 9.17) is 5.11 Å². The van der Waals surface area contributed by atoms with Crippen LogP contribution in [0.2, 0.25) is 0 Å². The number of hydrogen-bond donors (Lipinski definition) is 4. The van der Waals surface area contributed by atoms with Crippen LogP contribution in [0.3, 0.4) is 0 Å². The first-order valence-corrected chi connectivity index (χ1v) is 6.12. The van der Waals surface area contributed by atoms with Gasteiger partial charge in [0.25, 0.3) is 0 Å². The van der Waals surface area contributed by atoms with E-state index in [9.17, 15) is 14.4 Å². The van der Waals surface area contributed by atoms with Crippen LogP contribution in [0.25, 0.3) is 0 Å². The van der Waals surface area contributed by atoms with Gasteiger partial charge in [-0.05, 0) is 34.6 Å². The lowest BCUT2D eigenvalue weighted by Gasteiger charge is -2.24. The van der Waals surface area contributed by atoms with Crippen molar-refractivity contribution in [3.8, 4) is 0 Å². The van der Waals surface area contributed by atoms with Crippen LogP contribution in [-0.2, 0) is 9.59 Å². The molecule has 7 heteroatoms. The molecule has 0 radical (unpaired) electrons. The number of nitrogens with one attached hydrogen (secondary N) is 3.